The van der Waals surface area contributed by atoms with Gasteiger partial charge in [-0.3, -0.25) is 4.79 Å². The highest BCUT2D eigenvalue weighted by Crippen LogP contribution is 2.30. The number of methoxy groups -OCH3 is 1. The molecule has 27 heavy (non-hydrogen) atoms. The van der Waals surface area contributed by atoms with E-state index in [-0.39, 0.29) is 11.7 Å². The summed E-state index contributed by atoms with van der Waals surface area (Å²) in [5.41, 5.74) is 2.32. The minimum atomic E-state index is -0.224. The number of aryl methyl sites for hydroxylation is 1. The zero-order valence-corrected chi connectivity index (χ0v) is 15.5. The normalized spacial score (nSPS) is 14.1. The topological polar surface area (TPSA) is 50.8 Å². The summed E-state index contributed by atoms with van der Waals surface area (Å²) in [7, 11) is 1.58. The van der Waals surface area contributed by atoms with Gasteiger partial charge in [0.2, 0.25) is 5.91 Å². The fourth-order valence-corrected chi connectivity index (χ4v) is 3.17. The average Bonchev–Trinajstić information content (AvgIpc) is 2.70. The highest BCUT2D eigenvalue weighted by atomic mass is 19.1. The van der Waals surface area contributed by atoms with E-state index in [2.05, 4.69) is 10.2 Å². The Balaban J connectivity index is 1.59. The number of anilines is 2. The molecule has 1 saturated heterocycles. The minimum Gasteiger partial charge on any atom is -0.495 e. The molecule has 2 aromatic carbocycles. The molecule has 0 spiro atoms. The predicted molar refractivity (Wildman–Crippen MR) is 104 cm³/mol. The van der Waals surface area contributed by atoms with Crippen molar-refractivity contribution in [3.05, 3.63) is 53.8 Å². The lowest BCUT2D eigenvalue weighted by Gasteiger charge is -2.29. The standard InChI is InChI=1S/C21H25FN2O3/c1-26-20-10-9-17(24-11-13-27-14-12-24)15-19(20)23-21(25)8-4-6-16-5-2-3-7-18(16)22/h2-3,5,7,9-10,15H,4,6,8,11-14H2,1H3,(H,23,25). The van der Waals surface area contributed by atoms with Gasteiger partial charge in [-0.1, -0.05) is 18.2 Å². The Kier molecular flexibility index (Phi) is 6.65. The summed E-state index contributed by atoms with van der Waals surface area (Å²) in [6.07, 6.45) is 1.43. The molecule has 144 valence electrons. The third-order valence-electron chi connectivity index (χ3n) is 4.64. The summed E-state index contributed by atoms with van der Waals surface area (Å²) in [6.45, 7) is 3.04. The minimum absolute atomic E-state index is 0.108. The van der Waals surface area contributed by atoms with Crippen LogP contribution in [0.25, 0.3) is 0 Å². The van der Waals surface area contributed by atoms with E-state index in [0.29, 0.717) is 49.5 Å². The van der Waals surface area contributed by atoms with Gasteiger partial charge in [0.25, 0.3) is 0 Å². The van der Waals surface area contributed by atoms with Crippen LogP contribution in [0.5, 0.6) is 5.75 Å². The first-order valence-corrected chi connectivity index (χ1v) is 9.21. The van der Waals surface area contributed by atoms with Gasteiger partial charge in [-0.25, -0.2) is 4.39 Å². The first-order valence-electron chi connectivity index (χ1n) is 9.21. The monoisotopic (exact) mass is 372 g/mol. The van der Waals surface area contributed by atoms with E-state index >= 15 is 0 Å². The zero-order chi connectivity index (χ0) is 19.1. The molecule has 0 unspecified atom stereocenters. The van der Waals surface area contributed by atoms with Crippen molar-refractivity contribution in [3.63, 3.8) is 0 Å². The van der Waals surface area contributed by atoms with E-state index in [1.54, 1.807) is 25.3 Å². The number of amides is 1. The summed E-state index contributed by atoms with van der Waals surface area (Å²) in [4.78, 5) is 14.6. The Bertz CT molecular complexity index is 776. The molecule has 1 heterocycles. The van der Waals surface area contributed by atoms with Crippen molar-refractivity contribution in [2.75, 3.05) is 43.6 Å². The number of hydrogen-bond acceptors (Lipinski definition) is 4. The van der Waals surface area contributed by atoms with Crippen LogP contribution in [-0.2, 0) is 16.0 Å². The number of carbonyl (C=O) groups excluding carboxylic acids is 1. The van der Waals surface area contributed by atoms with Crippen molar-refractivity contribution in [1.82, 2.24) is 0 Å². The first kappa shape index (κ1) is 19.2. The molecule has 0 aliphatic carbocycles. The molecule has 5 nitrogen and oxygen atoms in total. The van der Waals surface area contributed by atoms with Crippen LogP contribution in [0.1, 0.15) is 18.4 Å². The fourth-order valence-electron chi connectivity index (χ4n) is 3.17. The van der Waals surface area contributed by atoms with E-state index in [1.165, 1.54) is 6.07 Å². The second kappa shape index (κ2) is 9.37. The Hall–Kier alpha value is -2.60. The molecule has 3 rings (SSSR count). The van der Waals surface area contributed by atoms with E-state index in [0.717, 1.165) is 18.8 Å². The summed E-state index contributed by atoms with van der Waals surface area (Å²) in [5.74, 6) is 0.288. The molecular formula is C21H25FN2O3. The molecule has 0 aromatic heterocycles. The molecule has 0 radical (unpaired) electrons. The molecule has 6 heteroatoms. The van der Waals surface area contributed by atoms with Gasteiger partial charge < -0.3 is 19.7 Å². The van der Waals surface area contributed by atoms with Gasteiger partial charge in [-0.15, -0.1) is 0 Å². The summed E-state index contributed by atoms with van der Waals surface area (Å²) in [6, 6.07) is 12.4. The van der Waals surface area contributed by atoms with Crippen LogP contribution in [0.4, 0.5) is 15.8 Å². The second-order valence-corrected chi connectivity index (χ2v) is 6.48. The molecule has 1 fully saturated rings. The number of ether oxygens (including phenoxy) is 2. The molecule has 2 aromatic rings. The van der Waals surface area contributed by atoms with E-state index in [9.17, 15) is 9.18 Å². The SMILES string of the molecule is COc1ccc(N2CCOCC2)cc1NC(=O)CCCc1ccccc1F. The second-order valence-electron chi connectivity index (χ2n) is 6.48. The Morgan fingerprint density at radius 3 is 2.74 bits per heavy atom. The quantitative estimate of drug-likeness (QED) is 0.806. The Labute approximate surface area is 159 Å². The lowest BCUT2D eigenvalue weighted by molar-refractivity contribution is -0.116. The number of nitrogens with one attached hydrogen (secondary N) is 1. The van der Waals surface area contributed by atoms with Crippen LogP contribution in [0.3, 0.4) is 0 Å². The van der Waals surface area contributed by atoms with Gasteiger partial charge >= 0.3 is 0 Å². The number of benzene rings is 2. The van der Waals surface area contributed by atoms with Crippen molar-refractivity contribution >= 4 is 17.3 Å². The molecular weight excluding hydrogens is 347 g/mol. The zero-order valence-electron chi connectivity index (χ0n) is 15.5. The van der Waals surface area contributed by atoms with E-state index < -0.39 is 0 Å². The summed E-state index contributed by atoms with van der Waals surface area (Å²) < 4.78 is 24.4. The maximum Gasteiger partial charge on any atom is 0.224 e. The molecule has 0 bridgehead atoms. The summed E-state index contributed by atoms with van der Waals surface area (Å²) >= 11 is 0. The average molecular weight is 372 g/mol. The van der Waals surface area contributed by atoms with Crippen molar-refractivity contribution < 1.29 is 18.7 Å². The van der Waals surface area contributed by atoms with Gasteiger partial charge in [0, 0.05) is 25.2 Å². The van der Waals surface area contributed by atoms with E-state index in [1.807, 2.05) is 18.2 Å². The van der Waals surface area contributed by atoms with Crippen molar-refractivity contribution in [3.8, 4) is 5.75 Å². The molecule has 1 aliphatic rings. The van der Waals surface area contributed by atoms with Crippen molar-refractivity contribution in [1.29, 1.82) is 0 Å². The van der Waals surface area contributed by atoms with Crippen LogP contribution in [0.15, 0.2) is 42.5 Å². The van der Waals surface area contributed by atoms with Crippen LogP contribution in [-0.4, -0.2) is 39.3 Å². The maximum atomic E-state index is 13.7. The third-order valence-corrected chi connectivity index (χ3v) is 4.64. The maximum absolute atomic E-state index is 13.7. The van der Waals surface area contributed by atoms with Crippen LogP contribution in [0.2, 0.25) is 0 Å². The number of morpholine rings is 1. The first-order chi connectivity index (χ1) is 13.2. The van der Waals surface area contributed by atoms with Gasteiger partial charge in [0.05, 0.1) is 26.0 Å². The molecule has 1 N–H and O–H groups in total. The van der Waals surface area contributed by atoms with E-state index in [4.69, 9.17) is 9.47 Å². The molecule has 0 saturated carbocycles. The number of halogens is 1. The van der Waals surface area contributed by atoms with Gasteiger partial charge in [0.1, 0.15) is 11.6 Å². The van der Waals surface area contributed by atoms with Gasteiger partial charge in [-0.05, 0) is 42.7 Å². The van der Waals surface area contributed by atoms with Crippen LogP contribution >= 0.6 is 0 Å². The van der Waals surface area contributed by atoms with Crippen molar-refractivity contribution in [2.24, 2.45) is 0 Å². The van der Waals surface area contributed by atoms with Gasteiger partial charge in [0.15, 0.2) is 0 Å². The highest BCUT2D eigenvalue weighted by Gasteiger charge is 2.15. The fraction of sp³-hybridized carbons (Fsp3) is 0.381. The number of nitrogens with zero attached hydrogens (tertiary/aromatic N) is 1. The number of carbonyl (C=O) groups is 1. The van der Waals surface area contributed by atoms with Crippen molar-refractivity contribution in [2.45, 2.75) is 19.3 Å². The molecule has 1 amide bonds. The lowest BCUT2D eigenvalue weighted by atomic mass is 10.1. The Morgan fingerprint density at radius 2 is 2.00 bits per heavy atom. The van der Waals surface area contributed by atoms with Gasteiger partial charge in [-0.2, -0.15) is 0 Å². The van der Waals surface area contributed by atoms with Crippen LogP contribution < -0.4 is 15.0 Å². The summed E-state index contributed by atoms with van der Waals surface area (Å²) in [5, 5.41) is 2.93. The number of hydrogen-bond donors (Lipinski definition) is 1. The number of rotatable bonds is 7. The largest absolute Gasteiger partial charge is 0.495 e. The van der Waals surface area contributed by atoms with Crippen LogP contribution in [0, 0.1) is 5.82 Å². The Morgan fingerprint density at radius 1 is 1.22 bits per heavy atom. The third kappa shape index (κ3) is 5.20. The smallest absolute Gasteiger partial charge is 0.224 e. The lowest BCUT2D eigenvalue weighted by Crippen LogP contribution is -2.36. The molecule has 1 aliphatic heterocycles. The molecule has 0 atom stereocenters. The predicted octanol–water partition coefficient (Wildman–Crippen LogP) is 3.63. The highest BCUT2D eigenvalue weighted by molar-refractivity contribution is 5.93.